The van der Waals surface area contributed by atoms with E-state index in [-0.39, 0.29) is 45.5 Å². The van der Waals surface area contributed by atoms with Gasteiger partial charge in [-0.1, -0.05) is 19.4 Å². The number of halogens is 6. The van der Waals surface area contributed by atoms with Crippen molar-refractivity contribution in [2.75, 3.05) is 21.3 Å². The lowest BCUT2D eigenvalue weighted by molar-refractivity contribution is -0.375. The Kier molecular flexibility index (Phi) is 6.91. The molecule has 1 atom stereocenters. The van der Waals surface area contributed by atoms with Crippen molar-refractivity contribution in [2.45, 2.75) is 44.3 Å². The second-order valence-electron chi connectivity index (χ2n) is 7.81. The third-order valence-electron chi connectivity index (χ3n) is 5.80. The second kappa shape index (κ2) is 9.14. The molecule has 0 aliphatic rings. The van der Waals surface area contributed by atoms with Gasteiger partial charge in [0, 0.05) is 22.9 Å². The standard InChI is InChI=1S/C23H23F6NO5/c1-5-6-9-30-15-8-7-12(21(24,22(25,26)27)23(28,29)32)10-13(15)14-11-16(33-2)18(34-3)19(35-4)17(14)20(30)31/h7-8,10-11,32H,5-6,9H2,1-4H3. The summed E-state index contributed by atoms with van der Waals surface area (Å²) < 4.78 is 100. The van der Waals surface area contributed by atoms with Crippen molar-refractivity contribution in [3.05, 3.63) is 40.2 Å². The molecule has 1 aromatic heterocycles. The molecule has 2 aromatic carbocycles. The maximum absolute atomic E-state index is 15.0. The van der Waals surface area contributed by atoms with Crippen LogP contribution in [0.5, 0.6) is 17.2 Å². The average molecular weight is 507 g/mol. The number of pyridine rings is 1. The zero-order valence-electron chi connectivity index (χ0n) is 19.2. The molecular formula is C23H23F6NO5. The molecule has 35 heavy (non-hydrogen) atoms. The van der Waals surface area contributed by atoms with Gasteiger partial charge in [0.25, 0.3) is 5.56 Å². The minimum atomic E-state index is -6.16. The van der Waals surface area contributed by atoms with Gasteiger partial charge in [0.05, 0.1) is 32.2 Å². The molecule has 1 heterocycles. The topological polar surface area (TPSA) is 69.9 Å². The Morgan fingerprint density at radius 3 is 2.03 bits per heavy atom. The highest BCUT2D eigenvalue weighted by molar-refractivity contribution is 6.09. The monoisotopic (exact) mass is 507 g/mol. The SMILES string of the molecule is CCCCn1c(=O)c2c(OC)c(OC)c(OC)cc2c2cc(C(F)(C(O)(F)F)C(F)(F)F)ccc21. The number of alkyl halides is 6. The predicted molar refractivity (Wildman–Crippen MR) is 116 cm³/mol. The molecule has 192 valence electrons. The fourth-order valence-corrected chi connectivity index (χ4v) is 4.07. The Balaban J connectivity index is 2.60. The maximum atomic E-state index is 15.0. The highest BCUT2D eigenvalue weighted by Crippen LogP contribution is 2.52. The summed E-state index contributed by atoms with van der Waals surface area (Å²) in [6, 6.07) is 3.23. The average Bonchev–Trinajstić information content (AvgIpc) is 2.80. The van der Waals surface area contributed by atoms with Crippen molar-refractivity contribution in [1.82, 2.24) is 4.57 Å². The van der Waals surface area contributed by atoms with Crippen molar-refractivity contribution >= 4 is 21.7 Å². The summed E-state index contributed by atoms with van der Waals surface area (Å²) in [6.45, 7) is 1.99. The maximum Gasteiger partial charge on any atom is 0.435 e. The molecule has 3 rings (SSSR count). The van der Waals surface area contributed by atoms with Crippen LogP contribution in [0.25, 0.3) is 21.7 Å². The lowest BCUT2D eigenvalue weighted by atomic mass is 9.91. The number of hydrogen-bond acceptors (Lipinski definition) is 5. The summed E-state index contributed by atoms with van der Waals surface area (Å²) in [5.41, 5.74) is -7.47. The quantitative estimate of drug-likeness (QED) is 0.331. The number of rotatable bonds is 8. The Hall–Kier alpha value is -3.15. The van der Waals surface area contributed by atoms with E-state index in [1.165, 1.54) is 32.0 Å². The Morgan fingerprint density at radius 1 is 0.914 bits per heavy atom. The summed E-state index contributed by atoms with van der Waals surface area (Å²) in [4.78, 5) is 13.5. The van der Waals surface area contributed by atoms with E-state index in [2.05, 4.69) is 0 Å². The van der Waals surface area contributed by atoms with Crippen LogP contribution in [0.2, 0.25) is 0 Å². The second-order valence-corrected chi connectivity index (χ2v) is 7.81. The molecule has 0 saturated carbocycles. The summed E-state index contributed by atoms with van der Waals surface area (Å²) in [7, 11) is 3.78. The van der Waals surface area contributed by atoms with E-state index in [0.29, 0.717) is 25.0 Å². The van der Waals surface area contributed by atoms with E-state index in [4.69, 9.17) is 19.3 Å². The van der Waals surface area contributed by atoms with Crippen molar-refractivity contribution in [3.8, 4) is 17.2 Å². The molecule has 0 spiro atoms. The molecule has 0 fully saturated rings. The first kappa shape index (κ1) is 26.5. The number of aryl methyl sites for hydroxylation is 1. The van der Waals surface area contributed by atoms with Crippen LogP contribution in [0.4, 0.5) is 26.3 Å². The van der Waals surface area contributed by atoms with Gasteiger partial charge in [-0.3, -0.25) is 4.79 Å². The van der Waals surface area contributed by atoms with Crippen molar-refractivity contribution in [1.29, 1.82) is 0 Å². The Morgan fingerprint density at radius 2 is 1.54 bits per heavy atom. The molecule has 0 bridgehead atoms. The number of benzene rings is 2. The van der Waals surface area contributed by atoms with E-state index >= 15 is 0 Å². The van der Waals surface area contributed by atoms with E-state index in [0.717, 1.165) is 6.07 Å². The van der Waals surface area contributed by atoms with Crippen LogP contribution in [0.3, 0.4) is 0 Å². The van der Waals surface area contributed by atoms with E-state index in [1.54, 1.807) is 0 Å². The largest absolute Gasteiger partial charge is 0.493 e. The predicted octanol–water partition coefficient (Wildman–Crippen LogP) is 5.29. The third-order valence-corrected chi connectivity index (χ3v) is 5.80. The Bertz CT molecular complexity index is 1300. The van der Waals surface area contributed by atoms with Crippen molar-refractivity contribution in [3.63, 3.8) is 0 Å². The van der Waals surface area contributed by atoms with Crippen molar-refractivity contribution in [2.24, 2.45) is 0 Å². The first-order valence-electron chi connectivity index (χ1n) is 10.4. The molecule has 0 aliphatic heterocycles. The molecular weight excluding hydrogens is 484 g/mol. The van der Waals surface area contributed by atoms with Gasteiger partial charge in [-0.25, -0.2) is 4.39 Å². The fraction of sp³-hybridized carbons (Fsp3) is 0.435. The van der Waals surface area contributed by atoms with E-state index in [9.17, 15) is 31.1 Å². The summed E-state index contributed by atoms with van der Waals surface area (Å²) >= 11 is 0. The zero-order valence-corrected chi connectivity index (χ0v) is 19.2. The molecule has 12 heteroatoms. The number of nitrogens with zero attached hydrogens (tertiary/aromatic N) is 1. The van der Waals surface area contributed by atoms with Gasteiger partial charge in [0.2, 0.25) is 5.75 Å². The van der Waals surface area contributed by atoms with Crippen LogP contribution in [0.1, 0.15) is 25.3 Å². The van der Waals surface area contributed by atoms with Gasteiger partial charge < -0.3 is 23.9 Å². The van der Waals surface area contributed by atoms with Crippen LogP contribution in [0, 0.1) is 0 Å². The normalized spacial score (nSPS) is 14.3. The first-order chi connectivity index (χ1) is 16.3. The third kappa shape index (κ3) is 4.03. The molecule has 0 radical (unpaired) electrons. The molecule has 3 aromatic rings. The molecule has 1 N–H and O–H groups in total. The lowest BCUT2D eigenvalue weighted by Crippen LogP contribution is -2.52. The first-order valence-corrected chi connectivity index (χ1v) is 10.4. The Labute approximate surface area is 195 Å². The van der Waals surface area contributed by atoms with Crippen LogP contribution in [-0.4, -0.2) is 43.3 Å². The van der Waals surface area contributed by atoms with Crippen molar-refractivity contribution < 1.29 is 45.7 Å². The number of aromatic nitrogens is 1. The number of fused-ring (bicyclic) bond motifs is 3. The lowest BCUT2D eigenvalue weighted by Gasteiger charge is -2.32. The minimum Gasteiger partial charge on any atom is -0.493 e. The zero-order chi connectivity index (χ0) is 26.3. The van der Waals surface area contributed by atoms with Gasteiger partial charge >= 0.3 is 18.0 Å². The number of methoxy groups -OCH3 is 3. The van der Waals surface area contributed by atoms with Crippen LogP contribution >= 0.6 is 0 Å². The smallest absolute Gasteiger partial charge is 0.435 e. The van der Waals surface area contributed by atoms with Crippen LogP contribution in [0.15, 0.2) is 29.1 Å². The molecule has 0 amide bonds. The van der Waals surface area contributed by atoms with E-state index < -0.39 is 29.1 Å². The fourth-order valence-electron chi connectivity index (χ4n) is 4.07. The van der Waals surface area contributed by atoms with Gasteiger partial charge in [-0.05, 0) is 24.6 Å². The van der Waals surface area contributed by atoms with Crippen LogP contribution in [-0.2, 0) is 12.2 Å². The summed E-state index contributed by atoms with van der Waals surface area (Å²) in [5, 5.41) is 8.59. The molecule has 6 nitrogen and oxygen atoms in total. The molecule has 0 aliphatic carbocycles. The number of hydrogen-bond donors (Lipinski definition) is 1. The highest BCUT2D eigenvalue weighted by atomic mass is 19.4. The summed E-state index contributed by atoms with van der Waals surface area (Å²) in [6.07, 6.45) is -10.8. The number of ether oxygens (including phenoxy) is 3. The van der Waals surface area contributed by atoms with Gasteiger partial charge in [-0.15, -0.1) is 0 Å². The van der Waals surface area contributed by atoms with Gasteiger partial charge in [-0.2, -0.15) is 22.0 Å². The summed E-state index contributed by atoms with van der Waals surface area (Å²) in [5.74, 6) is -0.0440. The van der Waals surface area contributed by atoms with Crippen LogP contribution < -0.4 is 19.8 Å². The van der Waals surface area contributed by atoms with Gasteiger partial charge in [0.15, 0.2) is 11.5 Å². The van der Waals surface area contributed by atoms with E-state index in [1.807, 2.05) is 6.92 Å². The van der Waals surface area contributed by atoms with Gasteiger partial charge in [0.1, 0.15) is 0 Å². The highest BCUT2D eigenvalue weighted by Gasteiger charge is 2.72. The number of unbranched alkanes of at least 4 members (excludes halogenated alkanes) is 1. The number of aliphatic hydroxyl groups is 1. The minimum absolute atomic E-state index is 0.0224. The molecule has 1 unspecified atom stereocenters. The molecule has 0 saturated heterocycles.